The number of thiol groups is 1. The quantitative estimate of drug-likeness (QED) is 0.590. The summed E-state index contributed by atoms with van der Waals surface area (Å²) in [7, 11) is -2.57. The Balaban J connectivity index is 3.37. The third-order valence-corrected chi connectivity index (χ3v) is 1.46. The molecule has 0 N–H and O–H groups in total. The highest BCUT2D eigenvalue weighted by Gasteiger charge is 2.04. The van der Waals surface area contributed by atoms with Crippen LogP contribution in [0.1, 0.15) is 6.42 Å². The van der Waals surface area contributed by atoms with Crippen molar-refractivity contribution in [2.75, 3.05) is 5.75 Å². The number of hydrogen-bond donors (Lipinski definition) is 1. The summed E-state index contributed by atoms with van der Waals surface area (Å²) in [4.78, 5) is 0. The van der Waals surface area contributed by atoms with Gasteiger partial charge in [-0.2, -0.15) is 0 Å². The van der Waals surface area contributed by atoms with E-state index in [1.54, 1.807) is 0 Å². The Morgan fingerprint density at radius 1 is 1.67 bits per heavy atom. The number of hydrogen-bond acceptors (Lipinski definition) is 2. The molecule has 0 rings (SSSR count). The fourth-order valence-electron chi connectivity index (χ4n) is 0.417. The minimum Gasteiger partial charge on any atom is -0.246 e. The van der Waals surface area contributed by atoms with Crippen molar-refractivity contribution in [2.45, 2.75) is 12.6 Å². The molecule has 1 atom stereocenters. The van der Waals surface area contributed by atoms with Crippen LogP contribution in [-0.4, -0.2) is 20.3 Å². The Morgan fingerprint density at radius 3 is 2.56 bits per heavy atom. The molecule has 0 aliphatic heterocycles. The van der Waals surface area contributed by atoms with Gasteiger partial charge < -0.3 is 0 Å². The second kappa shape index (κ2) is 4.73. The molecule has 0 aromatic heterocycles. The van der Waals surface area contributed by atoms with Gasteiger partial charge in [-0.05, 0) is 19.8 Å². The van der Waals surface area contributed by atoms with Gasteiger partial charge in [0.05, 0.1) is 5.75 Å². The van der Waals surface area contributed by atoms with Crippen molar-refractivity contribution in [3.63, 3.8) is 0 Å². The molecular formula is C5H9FO2S. The molecule has 0 aliphatic carbocycles. The third kappa shape index (κ3) is 5.76. The fourth-order valence-corrected chi connectivity index (χ4v) is 0.890. The molecule has 9 heavy (non-hydrogen) atoms. The van der Waals surface area contributed by atoms with Crippen molar-refractivity contribution in [1.82, 2.24) is 0 Å². The molecule has 0 saturated heterocycles. The normalized spacial score (nSPS) is 14.1. The SMILES string of the molecule is [CH2][CH]CC(F)C[SH](=O)=O. The van der Waals surface area contributed by atoms with Crippen LogP contribution in [0.25, 0.3) is 0 Å². The zero-order valence-corrected chi connectivity index (χ0v) is 5.81. The van der Waals surface area contributed by atoms with Gasteiger partial charge in [0.2, 0.25) is 0 Å². The first-order valence-electron chi connectivity index (χ1n) is 2.53. The fraction of sp³-hybridized carbons (Fsp3) is 0.600. The maximum Gasteiger partial charge on any atom is 0.142 e. The molecule has 0 aromatic carbocycles. The highest BCUT2D eigenvalue weighted by Crippen LogP contribution is 1.99. The van der Waals surface area contributed by atoms with Crippen molar-refractivity contribution < 1.29 is 12.8 Å². The lowest BCUT2D eigenvalue weighted by Gasteiger charge is -1.97. The standard InChI is InChI=1S/C5H9FO2S/c1-2-3-5(6)4-9(7)8/h2,5,9H,1,3-4H2. The van der Waals surface area contributed by atoms with Gasteiger partial charge in [0, 0.05) is 0 Å². The summed E-state index contributed by atoms with van der Waals surface area (Å²) in [5.41, 5.74) is 0. The Kier molecular flexibility index (Phi) is 4.67. The molecule has 0 aliphatic rings. The molecule has 0 amide bonds. The van der Waals surface area contributed by atoms with Crippen LogP contribution in [-0.2, 0) is 10.7 Å². The van der Waals surface area contributed by atoms with E-state index < -0.39 is 16.9 Å². The van der Waals surface area contributed by atoms with Crippen molar-refractivity contribution >= 4 is 10.7 Å². The monoisotopic (exact) mass is 152 g/mol. The Labute approximate surface area is 56.0 Å². The summed E-state index contributed by atoms with van der Waals surface area (Å²) in [5, 5.41) is 0. The predicted molar refractivity (Wildman–Crippen MR) is 34.4 cm³/mol. The van der Waals surface area contributed by atoms with Crippen LogP contribution >= 0.6 is 0 Å². The van der Waals surface area contributed by atoms with Crippen LogP contribution in [0, 0.1) is 13.3 Å². The summed E-state index contributed by atoms with van der Waals surface area (Å²) >= 11 is 0. The van der Waals surface area contributed by atoms with E-state index in [1.165, 1.54) is 6.42 Å². The average molecular weight is 152 g/mol. The van der Waals surface area contributed by atoms with Gasteiger partial charge in [-0.15, -0.1) is 0 Å². The van der Waals surface area contributed by atoms with E-state index in [9.17, 15) is 12.8 Å². The van der Waals surface area contributed by atoms with Crippen molar-refractivity contribution in [3.8, 4) is 0 Å². The van der Waals surface area contributed by atoms with Crippen LogP contribution in [0.4, 0.5) is 4.39 Å². The van der Waals surface area contributed by atoms with E-state index in [0.29, 0.717) is 0 Å². The summed E-state index contributed by atoms with van der Waals surface area (Å²) in [6.07, 6.45) is 0.205. The molecule has 4 heteroatoms. The number of halogens is 1. The minimum absolute atomic E-state index is 0.114. The topological polar surface area (TPSA) is 34.1 Å². The lowest BCUT2D eigenvalue weighted by Crippen LogP contribution is -2.07. The van der Waals surface area contributed by atoms with Gasteiger partial charge in [-0.25, -0.2) is 12.8 Å². The molecule has 0 bridgehead atoms. The number of alkyl halides is 1. The molecule has 0 spiro atoms. The molecule has 0 saturated carbocycles. The Morgan fingerprint density at radius 2 is 2.22 bits per heavy atom. The van der Waals surface area contributed by atoms with Crippen LogP contribution in [0.5, 0.6) is 0 Å². The molecule has 0 heterocycles. The second-order valence-electron chi connectivity index (χ2n) is 1.64. The molecule has 1 unspecified atom stereocenters. The molecule has 0 fully saturated rings. The molecule has 2 nitrogen and oxygen atoms in total. The summed E-state index contributed by atoms with van der Waals surface area (Å²) < 4.78 is 31.9. The smallest absolute Gasteiger partial charge is 0.142 e. The summed E-state index contributed by atoms with van der Waals surface area (Å²) in [6, 6.07) is 0. The van der Waals surface area contributed by atoms with Gasteiger partial charge in [0.25, 0.3) is 0 Å². The van der Waals surface area contributed by atoms with E-state index in [2.05, 4.69) is 6.92 Å². The minimum atomic E-state index is -2.57. The van der Waals surface area contributed by atoms with Crippen LogP contribution < -0.4 is 0 Å². The predicted octanol–water partition coefficient (Wildman–Crippen LogP) is 0.364. The Hall–Kier alpha value is -0.120. The maximum absolute atomic E-state index is 12.2. The summed E-state index contributed by atoms with van der Waals surface area (Å²) in [6.45, 7) is 3.27. The lowest BCUT2D eigenvalue weighted by atomic mass is 10.2. The van der Waals surface area contributed by atoms with Gasteiger partial charge in [-0.3, -0.25) is 0 Å². The van der Waals surface area contributed by atoms with Gasteiger partial charge >= 0.3 is 0 Å². The lowest BCUT2D eigenvalue weighted by molar-refractivity contribution is 0.362. The van der Waals surface area contributed by atoms with Crippen molar-refractivity contribution in [3.05, 3.63) is 13.3 Å². The highest BCUT2D eigenvalue weighted by molar-refractivity contribution is 7.72. The molecule has 54 valence electrons. The van der Waals surface area contributed by atoms with E-state index in [-0.39, 0.29) is 12.2 Å². The first kappa shape index (κ1) is 8.88. The van der Waals surface area contributed by atoms with E-state index >= 15 is 0 Å². The van der Waals surface area contributed by atoms with Crippen molar-refractivity contribution in [1.29, 1.82) is 0 Å². The zero-order valence-electron chi connectivity index (χ0n) is 4.92. The van der Waals surface area contributed by atoms with Gasteiger partial charge in [0.15, 0.2) is 0 Å². The van der Waals surface area contributed by atoms with Crippen LogP contribution in [0.3, 0.4) is 0 Å². The van der Waals surface area contributed by atoms with E-state index in [0.717, 1.165) is 0 Å². The second-order valence-corrected chi connectivity index (χ2v) is 2.67. The first-order valence-corrected chi connectivity index (χ1v) is 3.90. The van der Waals surface area contributed by atoms with Gasteiger partial charge in [0.1, 0.15) is 16.9 Å². The number of rotatable bonds is 4. The molecular weight excluding hydrogens is 143 g/mol. The Bertz CT molecular complexity index is 125. The average Bonchev–Trinajstić information content (AvgIpc) is 1.63. The molecule has 2 radical (unpaired) electrons. The van der Waals surface area contributed by atoms with Crippen LogP contribution in [0.2, 0.25) is 0 Å². The highest BCUT2D eigenvalue weighted by atomic mass is 32.2. The van der Waals surface area contributed by atoms with E-state index in [4.69, 9.17) is 0 Å². The van der Waals surface area contributed by atoms with E-state index in [1.807, 2.05) is 0 Å². The van der Waals surface area contributed by atoms with Gasteiger partial charge in [-0.1, -0.05) is 0 Å². The third-order valence-electron chi connectivity index (χ3n) is 0.770. The first-order chi connectivity index (χ1) is 4.16. The largest absolute Gasteiger partial charge is 0.246 e. The van der Waals surface area contributed by atoms with Crippen LogP contribution in [0.15, 0.2) is 0 Å². The summed E-state index contributed by atoms with van der Waals surface area (Å²) in [5.74, 6) is -0.388. The molecule has 0 aromatic rings. The maximum atomic E-state index is 12.2. The zero-order chi connectivity index (χ0) is 7.28. The van der Waals surface area contributed by atoms with Crippen molar-refractivity contribution in [2.24, 2.45) is 0 Å².